The number of carbonyl (C=O) groups is 2. The van der Waals surface area contributed by atoms with Gasteiger partial charge in [-0.2, -0.15) is 0 Å². The predicted octanol–water partition coefficient (Wildman–Crippen LogP) is 4.81. The summed E-state index contributed by atoms with van der Waals surface area (Å²) < 4.78 is 0. The molecular formula is C20H26N2O2S. The van der Waals surface area contributed by atoms with Gasteiger partial charge in [0.15, 0.2) is 5.78 Å². The van der Waals surface area contributed by atoms with Crippen molar-refractivity contribution in [1.82, 2.24) is 0 Å². The SMILES string of the molecule is CCN(CC)c1ccc(NC(=O)CCC(=O)c2cc(C)sc2C)cc1. The van der Waals surface area contributed by atoms with E-state index in [2.05, 4.69) is 24.1 Å². The lowest BCUT2D eigenvalue weighted by Crippen LogP contribution is -2.21. The quantitative estimate of drug-likeness (QED) is 0.689. The van der Waals surface area contributed by atoms with Crippen LogP contribution in [0.5, 0.6) is 0 Å². The molecule has 2 aromatic rings. The molecule has 1 N–H and O–H groups in total. The maximum Gasteiger partial charge on any atom is 0.224 e. The van der Waals surface area contributed by atoms with Gasteiger partial charge in [0.05, 0.1) is 0 Å². The second-order valence-electron chi connectivity index (χ2n) is 6.02. The fraction of sp³-hybridized carbons (Fsp3) is 0.400. The summed E-state index contributed by atoms with van der Waals surface area (Å²) >= 11 is 1.62. The van der Waals surface area contributed by atoms with Crippen molar-refractivity contribution in [1.29, 1.82) is 0 Å². The van der Waals surface area contributed by atoms with Crippen LogP contribution < -0.4 is 10.2 Å². The second kappa shape index (κ2) is 8.81. The van der Waals surface area contributed by atoms with Crippen molar-refractivity contribution >= 4 is 34.4 Å². The molecule has 0 radical (unpaired) electrons. The largest absolute Gasteiger partial charge is 0.372 e. The molecule has 0 atom stereocenters. The Kier molecular flexibility index (Phi) is 6.76. The summed E-state index contributed by atoms with van der Waals surface area (Å²) in [5.74, 6) is -0.0950. The Bertz CT molecular complexity index is 731. The van der Waals surface area contributed by atoms with Gasteiger partial charge < -0.3 is 10.2 Å². The number of anilines is 2. The number of nitrogens with one attached hydrogen (secondary N) is 1. The van der Waals surface area contributed by atoms with Crippen molar-refractivity contribution < 1.29 is 9.59 Å². The van der Waals surface area contributed by atoms with Gasteiger partial charge in [-0.25, -0.2) is 0 Å². The normalized spacial score (nSPS) is 10.6. The Morgan fingerprint density at radius 2 is 1.68 bits per heavy atom. The third kappa shape index (κ3) is 5.16. The summed E-state index contributed by atoms with van der Waals surface area (Å²) in [5, 5.41) is 2.86. The number of hydrogen-bond donors (Lipinski definition) is 1. The highest BCUT2D eigenvalue weighted by atomic mass is 32.1. The van der Waals surface area contributed by atoms with Gasteiger partial charge in [0.25, 0.3) is 0 Å². The minimum Gasteiger partial charge on any atom is -0.372 e. The lowest BCUT2D eigenvalue weighted by Gasteiger charge is -2.21. The zero-order valence-electron chi connectivity index (χ0n) is 15.4. The molecule has 2 rings (SSSR count). The zero-order chi connectivity index (χ0) is 18.4. The molecule has 0 aliphatic heterocycles. The van der Waals surface area contributed by atoms with Crippen LogP contribution in [0.2, 0.25) is 0 Å². The molecule has 1 aromatic heterocycles. The Labute approximate surface area is 153 Å². The van der Waals surface area contributed by atoms with Gasteiger partial charge in [-0.1, -0.05) is 0 Å². The van der Waals surface area contributed by atoms with E-state index in [1.54, 1.807) is 11.3 Å². The fourth-order valence-electron chi connectivity index (χ4n) is 2.84. The first kappa shape index (κ1) is 19.2. The summed E-state index contributed by atoms with van der Waals surface area (Å²) in [6, 6.07) is 9.72. The first-order valence-corrected chi connectivity index (χ1v) is 9.51. The summed E-state index contributed by atoms with van der Waals surface area (Å²) in [7, 11) is 0. The molecule has 0 saturated heterocycles. The number of carbonyl (C=O) groups excluding carboxylic acids is 2. The Balaban J connectivity index is 1.88. The van der Waals surface area contributed by atoms with E-state index in [0.29, 0.717) is 0 Å². The summed E-state index contributed by atoms with van der Waals surface area (Å²) in [6.07, 6.45) is 0.436. The van der Waals surface area contributed by atoms with Gasteiger partial charge in [0.2, 0.25) is 5.91 Å². The zero-order valence-corrected chi connectivity index (χ0v) is 16.2. The van der Waals surface area contributed by atoms with E-state index < -0.39 is 0 Å². The summed E-state index contributed by atoms with van der Waals surface area (Å²) in [6.45, 7) is 10.1. The number of amides is 1. The molecule has 4 nitrogen and oxygen atoms in total. The number of benzene rings is 1. The molecule has 25 heavy (non-hydrogen) atoms. The van der Waals surface area contributed by atoms with Crippen molar-refractivity contribution in [3.63, 3.8) is 0 Å². The fourth-order valence-corrected chi connectivity index (χ4v) is 3.78. The maximum absolute atomic E-state index is 12.2. The topological polar surface area (TPSA) is 49.4 Å². The van der Waals surface area contributed by atoms with Crippen molar-refractivity contribution in [3.05, 3.63) is 45.6 Å². The van der Waals surface area contributed by atoms with E-state index in [1.165, 1.54) is 0 Å². The number of hydrogen-bond acceptors (Lipinski definition) is 4. The van der Waals surface area contributed by atoms with E-state index >= 15 is 0 Å². The van der Waals surface area contributed by atoms with Crippen molar-refractivity contribution in [2.75, 3.05) is 23.3 Å². The Morgan fingerprint density at radius 1 is 1.04 bits per heavy atom. The van der Waals surface area contributed by atoms with Crippen LogP contribution in [0.3, 0.4) is 0 Å². The highest BCUT2D eigenvalue weighted by molar-refractivity contribution is 7.12. The third-order valence-electron chi connectivity index (χ3n) is 4.20. The number of rotatable bonds is 8. The van der Waals surface area contributed by atoms with Gasteiger partial charge in [0.1, 0.15) is 0 Å². The highest BCUT2D eigenvalue weighted by Gasteiger charge is 2.14. The van der Waals surface area contributed by atoms with Crippen molar-refractivity contribution in [2.24, 2.45) is 0 Å². The minimum absolute atomic E-state index is 0.0360. The molecule has 0 unspecified atom stereocenters. The molecule has 0 aliphatic carbocycles. The average Bonchev–Trinajstić information content (AvgIpc) is 2.94. The van der Waals surface area contributed by atoms with Crippen molar-refractivity contribution in [3.8, 4) is 0 Å². The molecule has 0 spiro atoms. The number of thiophene rings is 1. The van der Waals surface area contributed by atoms with Crippen LogP contribution in [0.1, 0.15) is 46.8 Å². The van der Waals surface area contributed by atoms with Crippen molar-refractivity contribution in [2.45, 2.75) is 40.5 Å². The number of aryl methyl sites for hydroxylation is 2. The van der Waals surface area contributed by atoms with Crippen LogP contribution in [-0.2, 0) is 4.79 Å². The molecular weight excluding hydrogens is 332 g/mol. The average molecular weight is 359 g/mol. The van der Waals surface area contributed by atoms with Crippen LogP contribution in [0.25, 0.3) is 0 Å². The van der Waals surface area contributed by atoms with Crippen LogP contribution in [0.15, 0.2) is 30.3 Å². The van der Waals surface area contributed by atoms with Gasteiger partial charge >= 0.3 is 0 Å². The molecule has 0 bridgehead atoms. The standard InChI is InChI=1S/C20H26N2O2S/c1-5-22(6-2)17-9-7-16(8-10-17)21-20(24)12-11-19(23)18-13-14(3)25-15(18)4/h7-10,13H,5-6,11-12H2,1-4H3,(H,21,24). The molecule has 1 amide bonds. The maximum atomic E-state index is 12.2. The minimum atomic E-state index is -0.131. The van der Waals surface area contributed by atoms with Gasteiger partial charge in [-0.3, -0.25) is 9.59 Å². The third-order valence-corrected chi connectivity index (χ3v) is 5.17. The lowest BCUT2D eigenvalue weighted by molar-refractivity contribution is -0.116. The molecule has 1 heterocycles. The lowest BCUT2D eigenvalue weighted by atomic mass is 10.1. The second-order valence-corrected chi connectivity index (χ2v) is 7.48. The highest BCUT2D eigenvalue weighted by Crippen LogP contribution is 2.22. The first-order chi connectivity index (χ1) is 11.9. The molecule has 0 saturated carbocycles. The molecule has 0 fully saturated rings. The van der Waals surface area contributed by atoms with E-state index in [-0.39, 0.29) is 24.5 Å². The number of ketones is 1. The van der Waals surface area contributed by atoms with Crippen LogP contribution in [0, 0.1) is 13.8 Å². The molecule has 0 aliphatic rings. The van der Waals surface area contributed by atoms with E-state index in [0.717, 1.165) is 39.8 Å². The first-order valence-electron chi connectivity index (χ1n) is 8.69. The Morgan fingerprint density at radius 3 is 2.20 bits per heavy atom. The van der Waals surface area contributed by atoms with E-state index in [1.807, 2.05) is 44.2 Å². The van der Waals surface area contributed by atoms with E-state index in [4.69, 9.17) is 0 Å². The molecule has 134 valence electrons. The van der Waals surface area contributed by atoms with Gasteiger partial charge in [-0.15, -0.1) is 11.3 Å². The summed E-state index contributed by atoms with van der Waals surface area (Å²) in [4.78, 5) is 28.7. The van der Waals surface area contributed by atoms with E-state index in [9.17, 15) is 9.59 Å². The predicted molar refractivity (Wildman–Crippen MR) is 106 cm³/mol. The molecule has 5 heteroatoms. The van der Waals surface area contributed by atoms with Crippen LogP contribution in [-0.4, -0.2) is 24.8 Å². The smallest absolute Gasteiger partial charge is 0.224 e. The van der Waals surface area contributed by atoms with Crippen LogP contribution in [0.4, 0.5) is 11.4 Å². The monoisotopic (exact) mass is 358 g/mol. The number of nitrogens with zero attached hydrogens (tertiary/aromatic N) is 1. The Hall–Kier alpha value is -2.14. The van der Waals surface area contributed by atoms with Crippen LogP contribution >= 0.6 is 11.3 Å². The van der Waals surface area contributed by atoms with Gasteiger partial charge in [-0.05, 0) is 58.0 Å². The number of Topliss-reactive ketones (excluding diaryl/α,β-unsaturated/α-hetero) is 1. The molecule has 1 aromatic carbocycles. The summed E-state index contributed by atoms with van der Waals surface area (Å²) in [5.41, 5.74) is 2.65. The van der Waals surface area contributed by atoms with Gasteiger partial charge in [0, 0.05) is 52.6 Å².